The zero-order chi connectivity index (χ0) is 23.3. The highest BCUT2D eigenvalue weighted by Crippen LogP contribution is 2.33. The predicted molar refractivity (Wildman–Crippen MR) is 126 cm³/mol. The molecule has 32 heavy (non-hydrogen) atoms. The molecule has 2 aromatic carbocycles. The van der Waals surface area contributed by atoms with Gasteiger partial charge in [-0.25, -0.2) is 18.4 Å². The molecule has 1 aromatic heterocycles. The van der Waals surface area contributed by atoms with Crippen molar-refractivity contribution in [3.8, 4) is 0 Å². The highest BCUT2D eigenvalue weighted by Gasteiger charge is 2.24. The largest absolute Gasteiger partial charge is 0.353 e. The molecular formula is C20H21BrN6O4S. The van der Waals surface area contributed by atoms with Crippen LogP contribution in [0.25, 0.3) is 0 Å². The molecule has 168 valence electrons. The Balaban J connectivity index is 1.89. The summed E-state index contributed by atoms with van der Waals surface area (Å²) in [6, 6.07) is 13.0. The highest BCUT2D eigenvalue weighted by molar-refractivity contribution is 9.10. The van der Waals surface area contributed by atoms with Crippen molar-refractivity contribution < 1.29 is 13.3 Å². The summed E-state index contributed by atoms with van der Waals surface area (Å²) in [6.45, 7) is 4.26. The Bertz CT molecular complexity index is 1200. The third-order valence-electron chi connectivity index (χ3n) is 4.57. The van der Waals surface area contributed by atoms with E-state index < -0.39 is 14.9 Å². The summed E-state index contributed by atoms with van der Waals surface area (Å²) in [7, 11) is -3.60. The first-order valence-corrected chi connectivity index (χ1v) is 11.9. The van der Waals surface area contributed by atoms with Crippen LogP contribution in [0.3, 0.4) is 0 Å². The Morgan fingerprint density at radius 3 is 1.84 bits per heavy atom. The lowest BCUT2D eigenvalue weighted by Gasteiger charge is -2.18. The van der Waals surface area contributed by atoms with Crippen LogP contribution in [-0.2, 0) is 10.0 Å². The average molecular weight is 521 g/mol. The number of nitro groups is 1. The lowest BCUT2D eigenvalue weighted by Crippen LogP contribution is -2.30. The number of rotatable bonds is 9. The van der Waals surface area contributed by atoms with Crippen LogP contribution in [0.1, 0.15) is 13.8 Å². The smallest absolute Gasteiger partial charge is 0.334 e. The molecule has 0 saturated heterocycles. The number of sulfonamides is 1. The Kier molecular flexibility index (Phi) is 7.38. The topological polar surface area (TPSA) is 130 Å². The first kappa shape index (κ1) is 23.6. The molecule has 0 aliphatic heterocycles. The second kappa shape index (κ2) is 10.0. The van der Waals surface area contributed by atoms with Gasteiger partial charge in [0.25, 0.3) is 0 Å². The van der Waals surface area contributed by atoms with Crippen molar-refractivity contribution in [2.45, 2.75) is 18.7 Å². The van der Waals surface area contributed by atoms with Crippen LogP contribution >= 0.6 is 15.9 Å². The van der Waals surface area contributed by atoms with Gasteiger partial charge in [0.05, 0.1) is 9.82 Å². The molecule has 12 heteroatoms. The molecule has 0 fully saturated rings. The normalized spacial score (nSPS) is 11.4. The van der Waals surface area contributed by atoms with Gasteiger partial charge in [0, 0.05) is 28.9 Å². The van der Waals surface area contributed by atoms with Gasteiger partial charge in [0.1, 0.15) is 6.33 Å². The molecule has 0 bridgehead atoms. The maximum atomic E-state index is 12.6. The van der Waals surface area contributed by atoms with Crippen molar-refractivity contribution in [2.24, 2.45) is 0 Å². The maximum Gasteiger partial charge on any atom is 0.353 e. The molecule has 0 radical (unpaired) electrons. The zero-order valence-corrected chi connectivity index (χ0v) is 19.7. The Labute approximate surface area is 194 Å². The van der Waals surface area contributed by atoms with E-state index in [-0.39, 0.29) is 22.2 Å². The minimum atomic E-state index is -3.60. The first-order valence-electron chi connectivity index (χ1n) is 9.65. The third kappa shape index (κ3) is 5.21. The fraction of sp³-hybridized carbons (Fsp3) is 0.200. The molecule has 0 amide bonds. The van der Waals surface area contributed by atoms with Crippen molar-refractivity contribution in [3.05, 3.63) is 69.4 Å². The van der Waals surface area contributed by atoms with E-state index in [4.69, 9.17) is 0 Å². The summed E-state index contributed by atoms with van der Waals surface area (Å²) in [5, 5.41) is 17.6. The van der Waals surface area contributed by atoms with Crippen LogP contribution in [0, 0.1) is 10.1 Å². The number of halogens is 1. The molecular weight excluding hydrogens is 500 g/mol. The van der Waals surface area contributed by atoms with Crippen molar-refractivity contribution in [3.63, 3.8) is 0 Å². The molecule has 10 nitrogen and oxygen atoms in total. The Morgan fingerprint density at radius 1 is 0.938 bits per heavy atom. The molecule has 3 rings (SSSR count). The fourth-order valence-corrected chi connectivity index (χ4v) is 4.69. The van der Waals surface area contributed by atoms with Crippen molar-refractivity contribution >= 4 is 54.7 Å². The van der Waals surface area contributed by atoms with Gasteiger partial charge >= 0.3 is 5.69 Å². The molecule has 3 aromatic rings. The highest BCUT2D eigenvalue weighted by atomic mass is 79.9. The van der Waals surface area contributed by atoms with Crippen LogP contribution < -0.4 is 10.6 Å². The van der Waals surface area contributed by atoms with E-state index in [0.717, 1.165) is 4.47 Å². The summed E-state index contributed by atoms with van der Waals surface area (Å²) in [5.41, 5.74) is 0.724. The third-order valence-corrected chi connectivity index (χ3v) is 7.16. The van der Waals surface area contributed by atoms with Crippen LogP contribution in [0.2, 0.25) is 0 Å². The number of anilines is 4. The molecule has 0 saturated carbocycles. The Hall–Kier alpha value is -3.09. The average Bonchev–Trinajstić information content (AvgIpc) is 2.76. The second-order valence-corrected chi connectivity index (χ2v) is 9.40. The molecule has 2 N–H and O–H groups in total. The van der Waals surface area contributed by atoms with Crippen molar-refractivity contribution in [1.29, 1.82) is 0 Å². The quantitative estimate of drug-likeness (QED) is 0.307. The van der Waals surface area contributed by atoms with Gasteiger partial charge < -0.3 is 10.6 Å². The van der Waals surface area contributed by atoms with Gasteiger partial charge in [-0.2, -0.15) is 4.31 Å². The van der Waals surface area contributed by atoms with E-state index in [9.17, 15) is 18.5 Å². The molecule has 0 aliphatic rings. The Morgan fingerprint density at radius 2 is 1.41 bits per heavy atom. The van der Waals surface area contributed by atoms with Gasteiger partial charge in [-0.1, -0.05) is 29.8 Å². The number of aromatic nitrogens is 2. The number of benzene rings is 2. The van der Waals surface area contributed by atoms with Crippen LogP contribution in [0.5, 0.6) is 0 Å². The molecule has 0 spiro atoms. The monoisotopic (exact) mass is 520 g/mol. The SMILES string of the molecule is CCN(CC)S(=O)(=O)c1ccc(Nc2ncnc(Nc3ccc(Br)cc3)c2[N+](=O)[O-])cc1. The summed E-state index contributed by atoms with van der Waals surface area (Å²) >= 11 is 3.34. The van der Waals surface area contributed by atoms with Gasteiger partial charge in [0.15, 0.2) is 0 Å². The van der Waals surface area contributed by atoms with E-state index >= 15 is 0 Å². The minimum Gasteiger partial charge on any atom is -0.334 e. The summed E-state index contributed by atoms with van der Waals surface area (Å²) in [5.74, 6) is -0.000449. The molecule has 0 aliphatic carbocycles. The predicted octanol–water partition coefficient (Wildman–Crippen LogP) is 4.67. The summed E-state index contributed by atoms with van der Waals surface area (Å²) in [6.07, 6.45) is 1.20. The fourth-order valence-electron chi connectivity index (χ4n) is 2.96. The van der Waals surface area contributed by atoms with Crippen LogP contribution in [0.15, 0.2) is 64.2 Å². The zero-order valence-electron chi connectivity index (χ0n) is 17.3. The second-order valence-electron chi connectivity index (χ2n) is 6.55. The van der Waals surface area contributed by atoms with Gasteiger partial charge in [0.2, 0.25) is 21.7 Å². The number of nitrogens with zero attached hydrogens (tertiary/aromatic N) is 4. The van der Waals surface area contributed by atoms with Crippen LogP contribution in [0.4, 0.5) is 28.7 Å². The maximum absolute atomic E-state index is 12.6. The lowest BCUT2D eigenvalue weighted by molar-refractivity contribution is -0.383. The lowest BCUT2D eigenvalue weighted by atomic mass is 10.3. The number of hydrogen-bond acceptors (Lipinski definition) is 8. The van der Waals surface area contributed by atoms with E-state index in [1.165, 1.54) is 34.9 Å². The number of hydrogen-bond donors (Lipinski definition) is 2. The molecule has 0 unspecified atom stereocenters. The summed E-state index contributed by atoms with van der Waals surface area (Å²) < 4.78 is 27.5. The van der Waals surface area contributed by atoms with E-state index in [1.54, 1.807) is 38.1 Å². The number of nitrogens with one attached hydrogen (secondary N) is 2. The van der Waals surface area contributed by atoms with E-state index in [2.05, 4.69) is 36.5 Å². The van der Waals surface area contributed by atoms with Crippen molar-refractivity contribution in [2.75, 3.05) is 23.7 Å². The van der Waals surface area contributed by atoms with Crippen molar-refractivity contribution in [1.82, 2.24) is 14.3 Å². The van der Waals surface area contributed by atoms with E-state index in [0.29, 0.717) is 24.5 Å². The molecule has 1 heterocycles. The minimum absolute atomic E-state index is 0.0237. The van der Waals surface area contributed by atoms with Gasteiger partial charge in [-0.3, -0.25) is 10.1 Å². The first-order chi connectivity index (χ1) is 15.3. The van der Waals surface area contributed by atoms with E-state index in [1.807, 2.05) is 0 Å². The standard InChI is InChI=1S/C20H21BrN6O4S/c1-3-26(4-2)32(30,31)17-11-9-16(10-12-17)25-20-18(27(28)29)19(22-13-23-20)24-15-7-5-14(21)6-8-15/h5-13H,3-4H2,1-2H3,(H2,22,23,24,25). The van der Waals surface area contributed by atoms with Crippen LogP contribution in [-0.4, -0.2) is 40.7 Å². The van der Waals surface area contributed by atoms with Gasteiger partial charge in [-0.15, -0.1) is 0 Å². The molecule has 0 atom stereocenters. The van der Waals surface area contributed by atoms with Gasteiger partial charge in [-0.05, 0) is 48.5 Å². The summed E-state index contributed by atoms with van der Waals surface area (Å²) in [4.78, 5) is 19.3.